The molecule has 1 aromatic carbocycles. The van der Waals surface area contributed by atoms with Crippen LogP contribution in [0.4, 0.5) is 0 Å². The highest BCUT2D eigenvalue weighted by Crippen LogP contribution is 2.59. The molecule has 0 bridgehead atoms. The van der Waals surface area contributed by atoms with E-state index in [-0.39, 0.29) is 65.1 Å². The van der Waals surface area contributed by atoms with Crippen molar-refractivity contribution in [1.29, 1.82) is 0 Å². The van der Waals surface area contributed by atoms with E-state index in [0.717, 1.165) is 0 Å². The van der Waals surface area contributed by atoms with Gasteiger partial charge in [0.1, 0.15) is 119 Å². The number of fused-ring (bicyclic) bond motifs is 1. The van der Waals surface area contributed by atoms with Gasteiger partial charge in [-0.05, 0) is 18.2 Å². The molecule has 568 valence electrons. The third-order valence-electron chi connectivity index (χ3n) is 14.2. The summed E-state index contributed by atoms with van der Waals surface area (Å²) in [6.45, 7) is 25.4. The number of benzene rings is 1. The van der Waals surface area contributed by atoms with E-state index in [0.29, 0.717) is 16.3 Å². The Hall–Kier alpha value is -2.98. The van der Waals surface area contributed by atoms with E-state index in [4.69, 9.17) is 178 Å². The van der Waals surface area contributed by atoms with Crippen LogP contribution >= 0.6 is 67.1 Å². The van der Waals surface area contributed by atoms with Crippen LogP contribution in [0.15, 0.2) is 18.2 Å². The summed E-state index contributed by atoms with van der Waals surface area (Å²) in [5.41, 5.74) is 0.681. The summed E-state index contributed by atoms with van der Waals surface area (Å²) >= 11 is 6.10. The zero-order valence-corrected chi connectivity index (χ0v) is 61.0. The molecule has 0 saturated carbocycles. The molecule has 7 aliphatic heterocycles. The quantitative estimate of drug-likeness (QED) is 0.0360. The lowest BCUT2D eigenvalue weighted by atomic mass is 10.2. The molecule has 7 heterocycles. The first kappa shape index (κ1) is 75.8. The third kappa shape index (κ3) is 27.6. The van der Waals surface area contributed by atoms with E-state index < -0.39 is 267 Å². The molecule has 7 aliphatic rings. The number of hydrogen-bond donors (Lipinski definition) is 1. The largest absolute Gasteiger partial charge is 0.475 e. The summed E-state index contributed by atoms with van der Waals surface area (Å²) < 4.78 is 282. The zero-order valence-electron chi connectivity index (χ0n) is 60.0. The molecule has 0 aliphatic carbocycles. The van der Waals surface area contributed by atoms with Crippen molar-refractivity contribution in [3.63, 3.8) is 0 Å². The Bertz CT molecular complexity index is 3670. The van der Waals surface area contributed by atoms with Gasteiger partial charge in [0.25, 0.3) is 0 Å². The highest BCUT2D eigenvalue weighted by Gasteiger charge is 2.49. The summed E-state index contributed by atoms with van der Waals surface area (Å²) in [5.74, 6) is 0.474. The Labute approximate surface area is 603 Å². The number of halogens is 1. The van der Waals surface area contributed by atoms with Crippen LogP contribution in [-0.2, 0) is 148 Å². The molecule has 0 radical (unpaired) electrons. The topological polar surface area (TPSA) is 389 Å². The highest BCUT2D eigenvalue weighted by molar-refractivity contribution is 7.49. The molecular formula is C55H78ClN6O33P7. The summed E-state index contributed by atoms with van der Waals surface area (Å²) in [6, 6.07) is 4.94. The Morgan fingerprint density at radius 1 is 0.422 bits per heavy atom. The van der Waals surface area contributed by atoms with Crippen LogP contribution in [0.3, 0.4) is 0 Å². The molecule has 39 nitrogen and oxygen atoms in total. The van der Waals surface area contributed by atoms with Gasteiger partial charge in [0.15, 0.2) is 0 Å². The van der Waals surface area contributed by atoms with Crippen molar-refractivity contribution in [2.24, 2.45) is 0 Å². The Morgan fingerprint density at radius 3 is 0.990 bits per heavy atom. The molecule has 0 spiro atoms. The number of hydrogen-bond acceptors (Lipinski definition) is 32. The van der Waals surface area contributed by atoms with Crippen LogP contribution in [0.2, 0.25) is 5.02 Å². The van der Waals surface area contributed by atoms with Crippen molar-refractivity contribution >= 4 is 67.1 Å². The van der Waals surface area contributed by atoms with Crippen LogP contribution in [0.5, 0.6) is 5.75 Å². The zero-order chi connectivity index (χ0) is 78.1. The van der Waals surface area contributed by atoms with Gasteiger partial charge in [-0.2, -0.15) is 0 Å². The second kappa shape index (κ2) is 42.7. The molecule has 102 heavy (non-hydrogen) atoms. The predicted octanol–water partition coefficient (Wildman–Crippen LogP) is 9.88. The van der Waals surface area contributed by atoms with E-state index in [1.54, 1.807) is 18.2 Å². The van der Waals surface area contributed by atoms with Crippen molar-refractivity contribution in [2.45, 2.75) is 118 Å². The lowest BCUT2D eigenvalue weighted by Gasteiger charge is -2.29. The first-order chi connectivity index (χ1) is 51.5. The minimum Gasteiger partial charge on any atom is -0.426 e. The van der Waals surface area contributed by atoms with Crippen molar-refractivity contribution in [3.05, 3.63) is 97.3 Å². The van der Waals surface area contributed by atoms with Crippen LogP contribution in [0.1, 0.15) is 52.3 Å². The standard InChI is InChI=1S/C55H78ClN6O33P7/c1-57-15-27-78-97(63,64)90-44-9-21-71-51(44)36-84-99(66,80-29-17-59-3)92-46-11-23-73-53(46)38-86-101(68,82-31-19-61-5)94-48-13-25-75-55(48)40-88-102(69,83-32-20-62-6)95-49-14-26-74-54(49)39-87-100(67,81-30-18-60-4)93-47-12-24-72-52(47)37-85-98(65,79-28-16-58-2)91-45-10-22-70-50(45)35-77-96-76-34-41-33-42(56)7-8-43(41)89-96/h7-8,33,44-55H,9-32,34-40H2,(H,63,64)/t44?,45?,46?,47?,48?,49?,50-,51-,52-,53-,54-,55-,96?,98?,99?,100?,101?,102?/m1/s1/i21T,22T,23T,24T,25T,26T/t21-,22-,23-,24-,25-,26-,44?,45?,46?,47?,48?,49?,50+,51+,52+,53+,54+,55+,96?,98?,99?,100?,101?,102?/m0. The molecule has 6 fully saturated rings. The third-order valence-corrected chi connectivity index (χ3v) is 24.0. The van der Waals surface area contributed by atoms with Crippen LogP contribution < -0.4 is 4.52 Å². The maximum atomic E-state index is 14.7. The summed E-state index contributed by atoms with van der Waals surface area (Å²) in [4.78, 5) is 29.2. The van der Waals surface area contributed by atoms with Crippen molar-refractivity contribution in [3.8, 4) is 5.75 Å². The fourth-order valence-electron chi connectivity index (χ4n) is 9.34. The number of nitrogens with zero attached hydrogens (tertiary/aromatic N) is 6. The van der Waals surface area contributed by atoms with Gasteiger partial charge in [0.05, 0.1) is 54.5 Å². The fraction of sp³-hybridized carbons (Fsp3) is 0.782. The number of phosphoric ester groups is 6. The first-order valence-corrected chi connectivity index (χ1v) is 41.3. The monoisotopic (exact) mass is 1610 g/mol. The summed E-state index contributed by atoms with van der Waals surface area (Å²) in [5, 5.41) is 0.470. The van der Waals surface area contributed by atoms with Crippen LogP contribution in [-0.4, -0.2) is 236 Å². The van der Waals surface area contributed by atoms with Crippen molar-refractivity contribution < 1.29 is 159 Å². The molecule has 0 amide bonds. The van der Waals surface area contributed by atoms with E-state index in [2.05, 4.69) is 29.1 Å². The number of rotatable bonds is 48. The predicted molar refractivity (Wildman–Crippen MR) is 347 cm³/mol. The van der Waals surface area contributed by atoms with Gasteiger partial charge in [-0.25, -0.2) is 66.8 Å². The number of ether oxygens (including phenoxy) is 6. The Kier molecular flexibility index (Phi) is 31.7. The molecular weight excluding hydrogens is 1520 g/mol. The van der Waals surface area contributed by atoms with Gasteiger partial charge < -0.3 is 66.9 Å². The van der Waals surface area contributed by atoms with E-state index in [1.165, 1.54) is 0 Å². The molecule has 1 aromatic rings. The van der Waals surface area contributed by atoms with Crippen LogP contribution in [0, 0.1) is 39.4 Å². The van der Waals surface area contributed by atoms with Crippen LogP contribution in [0.25, 0.3) is 29.1 Å². The molecule has 47 heteroatoms. The van der Waals surface area contributed by atoms with E-state index >= 15 is 0 Å². The fourth-order valence-corrected chi connectivity index (χ4v) is 18.4. The molecule has 8 rings (SSSR count). The maximum absolute atomic E-state index is 14.7. The van der Waals surface area contributed by atoms with E-state index in [1.807, 2.05) is 0 Å². The van der Waals surface area contributed by atoms with E-state index in [9.17, 15) is 32.3 Å². The second-order valence-corrected chi connectivity index (χ2v) is 32.5. The van der Waals surface area contributed by atoms with Gasteiger partial charge in [0.2, 0.25) is 39.3 Å². The highest BCUT2D eigenvalue weighted by atomic mass is 35.5. The maximum Gasteiger partial charge on any atom is 0.475 e. The van der Waals surface area contributed by atoms with Gasteiger partial charge in [-0.1, -0.05) is 11.6 Å². The normalized spacial score (nSPS) is 34.9. The van der Waals surface area contributed by atoms with Crippen molar-refractivity contribution in [1.82, 2.24) is 0 Å². The lowest BCUT2D eigenvalue weighted by molar-refractivity contribution is -0.0389. The smallest absolute Gasteiger partial charge is 0.426 e. The molecule has 13 unspecified atom stereocenters. The Morgan fingerprint density at radius 2 is 0.696 bits per heavy atom. The molecule has 1 N–H and O–H groups in total. The SMILES string of the molecule is [3H][C@H]1CC(OP(=O)(O)OCC[N+]#[C-])[C@@H](COP(=O)(OCC[N+]#[C-])OC2C[C@H]([3H])O[C@@H]2COP(=O)(OCC[N+]#[C-])OC2C[C@H]([3H])O[C@@H]2COP(=O)(OCC[N+]#[C-])OC2C[C@H]([3H])O[C@@H]2COP(=O)(OCC[N+]#[C-])OC2C[C@H]([3H])O[C@@H]2COP(=O)(OCC[N+]#[C-])OC2C[C@H]([3H])O[C@@H]2COP2OCc3cc(Cl)ccc3O2)O1. The molecule has 0 aromatic heterocycles. The van der Waals surface area contributed by atoms with Crippen molar-refractivity contribution in [2.75, 3.05) is 158 Å². The number of phosphoric acid groups is 6. The van der Waals surface area contributed by atoms with Gasteiger partial charge in [-0.15, -0.1) is 0 Å². The minimum absolute atomic E-state index is 0.115. The average molecular weight is 1620 g/mol. The van der Waals surface area contributed by atoms with Gasteiger partial charge in [0, 0.05) is 88.6 Å². The first-order valence-electron chi connectivity index (χ1n) is 34.5. The summed E-state index contributed by atoms with van der Waals surface area (Å²) in [7, 11) is -31.4. The van der Waals surface area contributed by atoms with Gasteiger partial charge >= 0.3 is 55.5 Å². The second-order valence-electron chi connectivity index (χ2n) is 21.4. The summed E-state index contributed by atoms with van der Waals surface area (Å²) in [6.07, 6.45) is -18.7. The van der Waals surface area contributed by atoms with Gasteiger partial charge in [-0.3, -0.25) is 86.0 Å². The molecule has 25 atom stereocenters. The minimum atomic E-state index is -5.02. The molecule has 6 saturated heterocycles. The lowest BCUT2D eigenvalue weighted by Crippen LogP contribution is -2.33. The average Bonchev–Trinajstić information content (AvgIpc) is 1.52. The Balaban J connectivity index is 0.895.